The number of nitrogens with zero attached hydrogens (tertiary/aromatic N) is 2. The first-order valence-electron chi connectivity index (χ1n) is 12.4. The minimum absolute atomic E-state index is 0.0277. The predicted molar refractivity (Wildman–Crippen MR) is 123 cm³/mol. The number of fused-ring (bicyclic) bond motifs is 1. The Morgan fingerprint density at radius 2 is 1.89 bits per heavy atom. The molecule has 3 aliphatic rings. The molecule has 12 heteroatoms. The second-order valence-electron chi connectivity index (χ2n) is 9.71. The summed E-state index contributed by atoms with van der Waals surface area (Å²) in [5.74, 6) is -1.40. The van der Waals surface area contributed by atoms with Gasteiger partial charge in [-0.2, -0.15) is 5.26 Å². The van der Waals surface area contributed by atoms with Crippen LogP contribution in [0.5, 0.6) is 11.5 Å². The smallest absolute Gasteiger partial charge is 0.484 e. The van der Waals surface area contributed by atoms with Gasteiger partial charge in [-0.25, -0.2) is 0 Å². The summed E-state index contributed by atoms with van der Waals surface area (Å²) >= 11 is 0. The molecular formula is C25H29F3N4O5. The quantitative estimate of drug-likeness (QED) is 0.541. The van der Waals surface area contributed by atoms with Gasteiger partial charge in [0.05, 0.1) is 6.07 Å². The Labute approximate surface area is 212 Å². The summed E-state index contributed by atoms with van der Waals surface area (Å²) < 4.78 is 46.3. The van der Waals surface area contributed by atoms with Crippen molar-refractivity contribution in [3.05, 3.63) is 24.3 Å². The molecule has 0 radical (unpaired) electrons. The highest BCUT2D eigenvalue weighted by atomic mass is 19.4. The largest absolute Gasteiger partial charge is 0.573 e. The van der Waals surface area contributed by atoms with Crippen molar-refractivity contribution < 1.29 is 37.0 Å². The van der Waals surface area contributed by atoms with Crippen LogP contribution in [-0.4, -0.2) is 60.8 Å². The monoisotopic (exact) mass is 522 g/mol. The molecule has 1 aromatic rings. The summed E-state index contributed by atoms with van der Waals surface area (Å²) in [5, 5.41) is 15.2. The van der Waals surface area contributed by atoms with Gasteiger partial charge in [-0.1, -0.05) is 6.42 Å². The molecule has 2 saturated heterocycles. The lowest BCUT2D eigenvalue weighted by molar-refractivity contribution is -0.274. The molecule has 1 saturated carbocycles. The molecule has 0 spiro atoms. The van der Waals surface area contributed by atoms with Crippen LogP contribution in [0.1, 0.15) is 38.5 Å². The molecule has 4 rings (SSSR count). The Kier molecular flexibility index (Phi) is 8.10. The molecule has 5 atom stereocenters. The minimum atomic E-state index is -4.81. The van der Waals surface area contributed by atoms with Crippen LogP contribution in [0, 0.1) is 29.1 Å². The van der Waals surface area contributed by atoms with E-state index in [0.29, 0.717) is 19.5 Å². The van der Waals surface area contributed by atoms with Crippen molar-refractivity contribution in [1.82, 2.24) is 15.5 Å². The number of hydrogen-bond acceptors (Lipinski definition) is 6. The number of benzene rings is 1. The number of alkyl halides is 3. The van der Waals surface area contributed by atoms with Gasteiger partial charge in [-0.05, 0) is 68.2 Å². The molecule has 1 aromatic carbocycles. The third-order valence-corrected chi connectivity index (χ3v) is 7.29. The molecule has 2 heterocycles. The zero-order valence-electron chi connectivity index (χ0n) is 20.1. The second kappa shape index (κ2) is 11.3. The van der Waals surface area contributed by atoms with Crippen LogP contribution in [0.25, 0.3) is 0 Å². The molecule has 0 bridgehead atoms. The highest BCUT2D eigenvalue weighted by Crippen LogP contribution is 2.42. The number of carbonyl (C=O) groups is 3. The lowest BCUT2D eigenvalue weighted by Gasteiger charge is -2.29. The van der Waals surface area contributed by atoms with E-state index in [1.54, 1.807) is 0 Å². The number of likely N-dealkylation sites (tertiary alicyclic amines) is 1. The van der Waals surface area contributed by atoms with Crippen molar-refractivity contribution in [3.8, 4) is 17.6 Å². The second-order valence-corrected chi connectivity index (χ2v) is 9.71. The Morgan fingerprint density at radius 3 is 2.57 bits per heavy atom. The zero-order valence-corrected chi connectivity index (χ0v) is 20.1. The number of nitriles is 1. The Morgan fingerprint density at radius 1 is 1.16 bits per heavy atom. The van der Waals surface area contributed by atoms with Gasteiger partial charge in [0.2, 0.25) is 11.8 Å². The fourth-order valence-corrected chi connectivity index (χ4v) is 5.61. The van der Waals surface area contributed by atoms with Crippen molar-refractivity contribution in [2.45, 2.75) is 57.0 Å². The summed E-state index contributed by atoms with van der Waals surface area (Å²) in [6.45, 7) is 0.604. The summed E-state index contributed by atoms with van der Waals surface area (Å²) in [6, 6.07) is 5.15. The first-order valence-corrected chi connectivity index (χ1v) is 12.4. The van der Waals surface area contributed by atoms with E-state index in [1.165, 1.54) is 17.0 Å². The van der Waals surface area contributed by atoms with E-state index in [4.69, 9.17) is 4.74 Å². The number of nitrogens with one attached hydrogen (secondary N) is 2. The fraction of sp³-hybridized carbons (Fsp3) is 0.600. The molecular weight excluding hydrogens is 493 g/mol. The maximum absolute atomic E-state index is 13.3. The first-order chi connectivity index (χ1) is 17.6. The molecule has 3 fully saturated rings. The summed E-state index contributed by atoms with van der Waals surface area (Å²) in [6.07, 6.45) is -0.502. The molecule has 37 heavy (non-hydrogen) atoms. The molecule has 2 aliphatic heterocycles. The van der Waals surface area contributed by atoms with Crippen LogP contribution in [0.2, 0.25) is 0 Å². The van der Waals surface area contributed by atoms with E-state index < -0.39 is 42.6 Å². The summed E-state index contributed by atoms with van der Waals surface area (Å²) in [4.78, 5) is 40.0. The predicted octanol–water partition coefficient (Wildman–Crippen LogP) is 2.52. The van der Waals surface area contributed by atoms with Gasteiger partial charge >= 0.3 is 6.36 Å². The molecule has 1 aliphatic carbocycles. The van der Waals surface area contributed by atoms with E-state index in [2.05, 4.69) is 21.4 Å². The average Bonchev–Trinajstić information content (AvgIpc) is 3.45. The van der Waals surface area contributed by atoms with E-state index in [9.17, 15) is 32.8 Å². The Bertz CT molecular complexity index is 1040. The van der Waals surface area contributed by atoms with E-state index in [1.807, 2.05) is 0 Å². The zero-order chi connectivity index (χ0) is 26.6. The Balaban J connectivity index is 1.37. The SMILES string of the molecule is N#C[C@H](C[C@@H]1CCCNC1=O)NC(=O)C1[C@H]2CCC[C@H]2CN1C(=O)COc1ccc(OC(F)(F)F)cc1. The van der Waals surface area contributed by atoms with Crippen LogP contribution in [0.15, 0.2) is 24.3 Å². The number of halogens is 3. The standard InChI is InChI=1S/C25H29F3N4O5/c26-25(27,28)37-19-8-6-18(7-9-19)36-14-21(33)32-13-16-3-1-5-20(16)22(32)24(35)31-17(12-29)11-15-4-2-10-30-23(15)34/h6-9,15-17,20,22H,1-5,10-11,13-14H2,(H,30,34)(H,31,35)/t15-,16-,17-,20-,22?/m0/s1. The molecule has 9 nitrogen and oxygen atoms in total. The number of rotatable bonds is 8. The van der Waals surface area contributed by atoms with E-state index in [-0.39, 0.29) is 35.8 Å². The first kappa shape index (κ1) is 26.6. The average molecular weight is 523 g/mol. The number of hydrogen-bond donors (Lipinski definition) is 2. The van der Waals surface area contributed by atoms with Crippen LogP contribution in [0.4, 0.5) is 13.2 Å². The maximum Gasteiger partial charge on any atom is 0.573 e. The number of ether oxygens (including phenoxy) is 2. The fourth-order valence-electron chi connectivity index (χ4n) is 5.61. The highest BCUT2D eigenvalue weighted by Gasteiger charge is 2.49. The van der Waals surface area contributed by atoms with E-state index >= 15 is 0 Å². The van der Waals surface area contributed by atoms with Crippen molar-refractivity contribution in [2.24, 2.45) is 17.8 Å². The summed E-state index contributed by atoms with van der Waals surface area (Å²) in [7, 11) is 0. The van der Waals surface area contributed by atoms with Crippen LogP contribution in [0.3, 0.4) is 0 Å². The van der Waals surface area contributed by atoms with Crippen molar-refractivity contribution in [3.63, 3.8) is 0 Å². The third-order valence-electron chi connectivity index (χ3n) is 7.29. The molecule has 200 valence electrons. The van der Waals surface area contributed by atoms with Gasteiger partial charge in [-0.3, -0.25) is 14.4 Å². The number of amides is 3. The van der Waals surface area contributed by atoms with Crippen molar-refractivity contribution in [2.75, 3.05) is 19.7 Å². The lowest BCUT2D eigenvalue weighted by Crippen LogP contribution is -2.52. The van der Waals surface area contributed by atoms with Gasteiger partial charge in [0.1, 0.15) is 23.6 Å². The number of carbonyl (C=O) groups excluding carboxylic acids is 3. The van der Waals surface area contributed by atoms with Crippen LogP contribution in [-0.2, 0) is 14.4 Å². The topological polar surface area (TPSA) is 121 Å². The van der Waals surface area contributed by atoms with Gasteiger partial charge in [0, 0.05) is 19.0 Å². The minimum Gasteiger partial charge on any atom is -0.484 e. The van der Waals surface area contributed by atoms with Crippen molar-refractivity contribution >= 4 is 17.7 Å². The molecule has 1 unspecified atom stereocenters. The Hall–Kier alpha value is -3.49. The molecule has 2 N–H and O–H groups in total. The molecule has 3 amide bonds. The van der Waals surface area contributed by atoms with Gasteiger partial charge in [0.15, 0.2) is 6.61 Å². The highest BCUT2D eigenvalue weighted by molar-refractivity contribution is 5.89. The maximum atomic E-state index is 13.3. The van der Waals surface area contributed by atoms with Gasteiger partial charge < -0.3 is 25.0 Å². The number of piperidine rings is 1. The lowest BCUT2D eigenvalue weighted by atomic mass is 9.91. The van der Waals surface area contributed by atoms with E-state index in [0.717, 1.165) is 37.8 Å². The molecule has 0 aromatic heterocycles. The van der Waals surface area contributed by atoms with Gasteiger partial charge in [0.25, 0.3) is 5.91 Å². The van der Waals surface area contributed by atoms with Crippen molar-refractivity contribution in [1.29, 1.82) is 5.26 Å². The van der Waals surface area contributed by atoms with Gasteiger partial charge in [-0.15, -0.1) is 13.2 Å². The third kappa shape index (κ3) is 6.64. The van der Waals surface area contributed by atoms with Crippen LogP contribution >= 0.6 is 0 Å². The normalized spacial score (nSPS) is 26.0. The summed E-state index contributed by atoms with van der Waals surface area (Å²) in [5.41, 5.74) is 0. The van der Waals surface area contributed by atoms with Crippen LogP contribution < -0.4 is 20.1 Å².